The van der Waals surface area contributed by atoms with Crippen molar-refractivity contribution < 1.29 is 0 Å². The van der Waals surface area contributed by atoms with Crippen molar-refractivity contribution in [2.45, 2.75) is 104 Å². The molecule has 1 aliphatic carbocycles. The molecule has 1 aliphatic rings. The van der Waals surface area contributed by atoms with Crippen molar-refractivity contribution in [2.24, 2.45) is 11.3 Å². The van der Waals surface area contributed by atoms with Gasteiger partial charge in [0.15, 0.2) is 0 Å². The number of unbranched alkanes of at least 4 members (excludes halogenated alkanes) is 1. The second-order valence-electron chi connectivity index (χ2n) is 8.11. The van der Waals surface area contributed by atoms with Crippen LogP contribution in [-0.2, 0) is 0 Å². The Kier molecular flexibility index (Phi) is 7.58. The third kappa shape index (κ3) is 5.76. The van der Waals surface area contributed by atoms with Crippen LogP contribution in [0.3, 0.4) is 0 Å². The molecule has 0 aliphatic heterocycles. The first-order valence-electron chi connectivity index (χ1n) is 9.18. The maximum atomic E-state index is 3.84. The molecular weight excluding hydrogens is 242 g/mol. The maximum absolute atomic E-state index is 3.84. The summed E-state index contributed by atoms with van der Waals surface area (Å²) >= 11 is 0. The van der Waals surface area contributed by atoms with E-state index in [1.807, 2.05) is 0 Å². The lowest BCUT2D eigenvalue weighted by molar-refractivity contribution is 0.102. The SMILES string of the molecule is CCCCC(CC)(CNC(C)(C)C)C1CCCCCC1. The molecule has 1 fully saturated rings. The Morgan fingerprint density at radius 2 is 1.55 bits per heavy atom. The van der Waals surface area contributed by atoms with E-state index in [1.165, 1.54) is 70.8 Å². The van der Waals surface area contributed by atoms with Gasteiger partial charge in [0.1, 0.15) is 0 Å². The van der Waals surface area contributed by atoms with Gasteiger partial charge in [-0.25, -0.2) is 0 Å². The molecule has 1 N–H and O–H groups in total. The van der Waals surface area contributed by atoms with Gasteiger partial charge >= 0.3 is 0 Å². The minimum atomic E-state index is 0.247. The molecular formula is C19H39N. The van der Waals surface area contributed by atoms with Crippen LogP contribution in [0.1, 0.15) is 98.8 Å². The van der Waals surface area contributed by atoms with Crippen LogP contribution in [0.4, 0.5) is 0 Å². The summed E-state index contributed by atoms with van der Waals surface area (Å²) in [6.07, 6.45) is 14.3. The number of hydrogen-bond acceptors (Lipinski definition) is 1. The summed E-state index contributed by atoms with van der Waals surface area (Å²) in [5, 5.41) is 3.84. The smallest absolute Gasteiger partial charge is 0.00967 e. The molecule has 1 unspecified atom stereocenters. The van der Waals surface area contributed by atoms with Crippen LogP contribution in [0.2, 0.25) is 0 Å². The van der Waals surface area contributed by atoms with E-state index in [2.05, 4.69) is 39.9 Å². The number of hydrogen-bond donors (Lipinski definition) is 1. The molecule has 0 amide bonds. The third-order valence-corrected chi connectivity index (χ3v) is 5.42. The molecule has 0 aromatic rings. The molecule has 1 nitrogen and oxygen atoms in total. The van der Waals surface area contributed by atoms with Gasteiger partial charge in [-0.3, -0.25) is 0 Å². The van der Waals surface area contributed by atoms with Crippen LogP contribution < -0.4 is 5.32 Å². The van der Waals surface area contributed by atoms with Gasteiger partial charge in [-0.2, -0.15) is 0 Å². The second-order valence-corrected chi connectivity index (χ2v) is 8.11. The van der Waals surface area contributed by atoms with E-state index in [9.17, 15) is 0 Å². The van der Waals surface area contributed by atoms with Gasteiger partial charge in [0, 0.05) is 12.1 Å². The average molecular weight is 282 g/mol. The van der Waals surface area contributed by atoms with E-state index in [4.69, 9.17) is 0 Å². The van der Waals surface area contributed by atoms with Crippen molar-refractivity contribution in [3.63, 3.8) is 0 Å². The minimum absolute atomic E-state index is 0.247. The van der Waals surface area contributed by atoms with Gasteiger partial charge < -0.3 is 5.32 Å². The van der Waals surface area contributed by atoms with Crippen molar-refractivity contribution in [3.8, 4) is 0 Å². The molecule has 1 saturated carbocycles. The van der Waals surface area contributed by atoms with Gasteiger partial charge in [-0.1, -0.05) is 52.4 Å². The van der Waals surface area contributed by atoms with E-state index >= 15 is 0 Å². The van der Waals surface area contributed by atoms with Crippen molar-refractivity contribution in [3.05, 3.63) is 0 Å². The maximum Gasteiger partial charge on any atom is 0.00967 e. The molecule has 0 aromatic heterocycles. The largest absolute Gasteiger partial charge is 0.312 e. The summed E-state index contributed by atoms with van der Waals surface area (Å²) in [6.45, 7) is 12.9. The predicted molar refractivity (Wildman–Crippen MR) is 91.2 cm³/mol. The van der Waals surface area contributed by atoms with Gasteiger partial charge in [0.05, 0.1) is 0 Å². The fourth-order valence-corrected chi connectivity index (χ4v) is 3.89. The zero-order chi connectivity index (χ0) is 15.1. The summed E-state index contributed by atoms with van der Waals surface area (Å²) in [6, 6.07) is 0. The Morgan fingerprint density at radius 1 is 0.950 bits per heavy atom. The fraction of sp³-hybridized carbons (Fsp3) is 1.00. The Bertz CT molecular complexity index is 245. The summed E-state index contributed by atoms with van der Waals surface area (Å²) in [4.78, 5) is 0. The third-order valence-electron chi connectivity index (χ3n) is 5.42. The van der Waals surface area contributed by atoms with Gasteiger partial charge in [0.25, 0.3) is 0 Å². The summed E-state index contributed by atoms with van der Waals surface area (Å²) in [5.74, 6) is 0.955. The highest BCUT2D eigenvalue weighted by Crippen LogP contribution is 2.44. The zero-order valence-electron chi connectivity index (χ0n) is 14.9. The number of rotatable bonds is 7. The molecule has 1 heteroatoms. The van der Waals surface area contributed by atoms with Crippen LogP contribution in [0.25, 0.3) is 0 Å². The highest BCUT2D eigenvalue weighted by atomic mass is 15.0. The normalized spacial score (nSPS) is 21.4. The molecule has 0 radical (unpaired) electrons. The minimum Gasteiger partial charge on any atom is -0.312 e. The van der Waals surface area contributed by atoms with Crippen molar-refractivity contribution in [2.75, 3.05) is 6.54 Å². The van der Waals surface area contributed by atoms with Crippen LogP contribution >= 0.6 is 0 Å². The Hall–Kier alpha value is -0.0400. The first-order chi connectivity index (χ1) is 9.43. The topological polar surface area (TPSA) is 12.0 Å². The molecule has 0 heterocycles. The van der Waals surface area contributed by atoms with E-state index in [0.29, 0.717) is 5.41 Å². The van der Waals surface area contributed by atoms with Crippen LogP contribution in [0.15, 0.2) is 0 Å². The zero-order valence-corrected chi connectivity index (χ0v) is 14.9. The molecule has 1 atom stereocenters. The first-order valence-corrected chi connectivity index (χ1v) is 9.18. The predicted octanol–water partition coefficient (Wildman–Crippen LogP) is 5.93. The Labute approximate surface area is 128 Å². The van der Waals surface area contributed by atoms with Gasteiger partial charge in [0.2, 0.25) is 0 Å². The monoisotopic (exact) mass is 281 g/mol. The van der Waals surface area contributed by atoms with Crippen LogP contribution in [-0.4, -0.2) is 12.1 Å². The molecule has 1 rings (SSSR count). The van der Waals surface area contributed by atoms with Crippen molar-refractivity contribution in [1.29, 1.82) is 0 Å². The Morgan fingerprint density at radius 3 is 2.00 bits per heavy atom. The van der Waals surface area contributed by atoms with Gasteiger partial charge in [-0.05, 0) is 57.8 Å². The molecule has 120 valence electrons. The lowest BCUT2D eigenvalue weighted by Crippen LogP contribution is -2.47. The molecule has 20 heavy (non-hydrogen) atoms. The summed E-state index contributed by atoms with van der Waals surface area (Å²) in [7, 11) is 0. The molecule has 0 bridgehead atoms. The molecule has 0 aromatic carbocycles. The standard InChI is InChI=1S/C19H39N/c1-6-8-15-19(7-2,16-20-18(3,4)5)17-13-11-9-10-12-14-17/h17,20H,6-16H2,1-5H3. The Balaban J connectivity index is 2.78. The van der Waals surface area contributed by atoms with E-state index in [1.54, 1.807) is 0 Å². The van der Waals surface area contributed by atoms with Crippen LogP contribution in [0, 0.1) is 11.3 Å². The first kappa shape index (κ1) is 18.0. The lowest BCUT2D eigenvalue weighted by atomic mass is 9.66. The highest BCUT2D eigenvalue weighted by molar-refractivity contribution is 4.90. The van der Waals surface area contributed by atoms with E-state index < -0.39 is 0 Å². The molecule has 0 saturated heterocycles. The molecule has 0 spiro atoms. The second kappa shape index (κ2) is 8.41. The van der Waals surface area contributed by atoms with Crippen molar-refractivity contribution >= 4 is 0 Å². The highest BCUT2D eigenvalue weighted by Gasteiger charge is 2.37. The lowest BCUT2D eigenvalue weighted by Gasteiger charge is -2.43. The van der Waals surface area contributed by atoms with Crippen molar-refractivity contribution in [1.82, 2.24) is 5.32 Å². The van der Waals surface area contributed by atoms with E-state index in [-0.39, 0.29) is 5.54 Å². The van der Waals surface area contributed by atoms with E-state index in [0.717, 1.165) is 5.92 Å². The summed E-state index contributed by atoms with van der Waals surface area (Å²) in [5.41, 5.74) is 0.797. The average Bonchev–Trinajstić information content (AvgIpc) is 2.68. The quantitative estimate of drug-likeness (QED) is 0.570. The van der Waals surface area contributed by atoms with Gasteiger partial charge in [-0.15, -0.1) is 0 Å². The van der Waals surface area contributed by atoms with Crippen LogP contribution in [0.5, 0.6) is 0 Å². The summed E-state index contributed by atoms with van der Waals surface area (Å²) < 4.78 is 0. The number of nitrogens with one attached hydrogen (secondary N) is 1. The fourth-order valence-electron chi connectivity index (χ4n) is 3.89.